The second kappa shape index (κ2) is 8.82. The smallest absolute Gasteiger partial charge is 0.261 e. The van der Waals surface area contributed by atoms with E-state index in [1.54, 1.807) is 12.1 Å². The average Bonchev–Trinajstić information content (AvgIpc) is 3.59. The van der Waals surface area contributed by atoms with Crippen molar-refractivity contribution in [3.8, 4) is 0 Å². The lowest BCUT2D eigenvalue weighted by Gasteiger charge is -2.24. The highest BCUT2D eigenvalue weighted by Gasteiger charge is 2.30. The van der Waals surface area contributed by atoms with E-state index in [0.29, 0.717) is 12.2 Å². The van der Waals surface area contributed by atoms with Crippen LogP contribution in [0.2, 0.25) is 0 Å². The van der Waals surface area contributed by atoms with Gasteiger partial charge in [-0.3, -0.25) is 9.59 Å². The highest BCUT2D eigenvalue weighted by Crippen LogP contribution is 2.33. The van der Waals surface area contributed by atoms with Crippen LogP contribution in [-0.2, 0) is 0 Å². The third-order valence-corrected chi connectivity index (χ3v) is 5.13. The molecular formula is C24H18F4N2O2. The maximum Gasteiger partial charge on any atom is 0.261 e. The van der Waals surface area contributed by atoms with E-state index in [9.17, 15) is 27.2 Å². The Bertz CT molecular complexity index is 1190. The van der Waals surface area contributed by atoms with E-state index in [2.05, 4.69) is 5.32 Å². The van der Waals surface area contributed by atoms with Gasteiger partial charge in [0.25, 0.3) is 11.8 Å². The Hall–Kier alpha value is -3.68. The number of carbonyl (C=O) groups is 2. The third kappa shape index (κ3) is 4.80. The third-order valence-electron chi connectivity index (χ3n) is 5.13. The molecular weight excluding hydrogens is 424 g/mol. The van der Waals surface area contributed by atoms with Crippen molar-refractivity contribution in [1.29, 1.82) is 0 Å². The normalized spacial score (nSPS) is 13.0. The van der Waals surface area contributed by atoms with Gasteiger partial charge in [0.15, 0.2) is 0 Å². The summed E-state index contributed by atoms with van der Waals surface area (Å²) < 4.78 is 55.2. The summed E-state index contributed by atoms with van der Waals surface area (Å²) in [6, 6.07) is 11.3. The van der Waals surface area contributed by atoms with Gasteiger partial charge in [0.1, 0.15) is 23.3 Å². The Morgan fingerprint density at radius 2 is 1.47 bits per heavy atom. The van der Waals surface area contributed by atoms with E-state index in [4.69, 9.17) is 0 Å². The quantitative estimate of drug-likeness (QED) is 0.509. The largest absolute Gasteiger partial charge is 0.322 e. The van der Waals surface area contributed by atoms with Crippen LogP contribution in [0.25, 0.3) is 0 Å². The summed E-state index contributed by atoms with van der Waals surface area (Å²) in [5.41, 5.74) is -0.294. The van der Waals surface area contributed by atoms with Gasteiger partial charge >= 0.3 is 0 Å². The van der Waals surface area contributed by atoms with Crippen molar-refractivity contribution in [1.82, 2.24) is 0 Å². The van der Waals surface area contributed by atoms with Crippen LogP contribution >= 0.6 is 0 Å². The number of halogens is 4. The number of hydrogen-bond donors (Lipinski definition) is 1. The monoisotopic (exact) mass is 442 g/mol. The van der Waals surface area contributed by atoms with Crippen molar-refractivity contribution in [2.75, 3.05) is 16.8 Å². The molecule has 3 aromatic carbocycles. The lowest BCUT2D eigenvalue weighted by atomic mass is 10.1. The van der Waals surface area contributed by atoms with E-state index in [0.717, 1.165) is 49.2 Å². The molecule has 32 heavy (non-hydrogen) atoms. The fourth-order valence-electron chi connectivity index (χ4n) is 3.29. The Kier molecular flexibility index (Phi) is 5.94. The van der Waals surface area contributed by atoms with Crippen molar-refractivity contribution in [2.24, 2.45) is 5.92 Å². The number of amides is 2. The number of nitrogens with zero attached hydrogens (tertiary/aromatic N) is 1. The molecule has 3 aromatic rings. The van der Waals surface area contributed by atoms with Crippen molar-refractivity contribution >= 4 is 23.2 Å². The number of benzene rings is 3. The molecule has 0 bridgehead atoms. The molecule has 0 radical (unpaired) electrons. The van der Waals surface area contributed by atoms with Gasteiger partial charge in [0, 0.05) is 17.9 Å². The van der Waals surface area contributed by atoms with Crippen molar-refractivity contribution < 1.29 is 27.2 Å². The van der Waals surface area contributed by atoms with Gasteiger partial charge in [-0.2, -0.15) is 0 Å². The molecule has 4 nitrogen and oxygen atoms in total. The van der Waals surface area contributed by atoms with Crippen LogP contribution < -0.4 is 10.2 Å². The highest BCUT2D eigenvalue weighted by molar-refractivity contribution is 6.07. The maximum absolute atomic E-state index is 14.2. The molecule has 8 heteroatoms. The molecule has 0 spiro atoms. The van der Waals surface area contributed by atoms with Gasteiger partial charge in [-0.1, -0.05) is 6.07 Å². The van der Waals surface area contributed by atoms with Crippen LogP contribution in [0, 0.1) is 29.2 Å². The molecule has 1 saturated carbocycles. The Labute approximate surface area is 181 Å². The zero-order valence-corrected chi connectivity index (χ0v) is 16.7. The molecule has 1 fully saturated rings. The first-order valence-electron chi connectivity index (χ1n) is 9.95. The number of anilines is 2. The first-order valence-corrected chi connectivity index (χ1v) is 9.95. The molecule has 1 N–H and O–H groups in total. The molecule has 0 saturated heterocycles. The van der Waals surface area contributed by atoms with Gasteiger partial charge in [-0.05, 0) is 73.4 Å². The van der Waals surface area contributed by atoms with Gasteiger partial charge in [0.05, 0.1) is 11.1 Å². The average molecular weight is 442 g/mol. The Morgan fingerprint density at radius 1 is 0.844 bits per heavy atom. The first-order chi connectivity index (χ1) is 15.3. The minimum Gasteiger partial charge on any atom is -0.322 e. The fraction of sp³-hybridized carbons (Fsp3) is 0.167. The summed E-state index contributed by atoms with van der Waals surface area (Å²) in [6.45, 7) is 0.296. The maximum atomic E-state index is 14.2. The summed E-state index contributed by atoms with van der Waals surface area (Å²) in [6.07, 6.45) is 1.81. The number of hydrogen-bond acceptors (Lipinski definition) is 2. The summed E-state index contributed by atoms with van der Waals surface area (Å²) >= 11 is 0. The van der Waals surface area contributed by atoms with Gasteiger partial charge < -0.3 is 10.2 Å². The molecule has 0 aliphatic heterocycles. The van der Waals surface area contributed by atoms with E-state index in [1.165, 1.54) is 17.0 Å². The minimum absolute atomic E-state index is 0.226. The Balaban J connectivity index is 1.62. The fourth-order valence-corrected chi connectivity index (χ4v) is 3.29. The summed E-state index contributed by atoms with van der Waals surface area (Å²) in [5, 5.41) is 2.47. The first kappa shape index (κ1) is 21.5. The molecule has 0 atom stereocenters. The zero-order valence-electron chi connectivity index (χ0n) is 16.7. The van der Waals surface area contributed by atoms with E-state index in [1.807, 2.05) is 0 Å². The van der Waals surface area contributed by atoms with E-state index in [-0.39, 0.29) is 11.6 Å². The van der Waals surface area contributed by atoms with E-state index >= 15 is 0 Å². The second-order valence-electron chi connectivity index (χ2n) is 7.61. The van der Waals surface area contributed by atoms with E-state index < -0.39 is 46.2 Å². The SMILES string of the molecule is O=C(Nc1cccc(N(CC2CC2)C(=O)c2cc(F)ccc2F)c1)c1cc(F)ccc1F. The van der Waals surface area contributed by atoms with Gasteiger partial charge in [-0.15, -0.1) is 0 Å². The molecule has 164 valence electrons. The van der Waals surface area contributed by atoms with Crippen LogP contribution in [-0.4, -0.2) is 18.4 Å². The van der Waals surface area contributed by atoms with Crippen molar-refractivity contribution in [3.05, 3.63) is 95.1 Å². The zero-order chi connectivity index (χ0) is 22.8. The number of rotatable bonds is 6. The topological polar surface area (TPSA) is 49.4 Å². The highest BCUT2D eigenvalue weighted by atomic mass is 19.1. The Morgan fingerprint density at radius 3 is 2.12 bits per heavy atom. The molecule has 0 heterocycles. The molecule has 0 aromatic heterocycles. The molecule has 2 amide bonds. The van der Waals surface area contributed by atoms with Crippen LogP contribution in [0.4, 0.5) is 28.9 Å². The van der Waals surface area contributed by atoms with Crippen molar-refractivity contribution in [3.63, 3.8) is 0 Å². The van der Waals surface area contributed by atoms with Crippen LogP contribution in [0.3, 0.4) is 0 Å². The lowest BCUT2D eigenvalue weighted by molar-refractivity contribution is 0.0980. The van der Waals surface area contributed by atoms with Crippen LogP contribution in [0.15, 0.2) is 60.7 Å². The van der Waals surface area contributed by atoms with Gasteiger partial charge in [0.2, 0.25) is 0 Å². The summed E-state index contributed by atoms with van der Waals surface area (Å²) in [5.74, 6) is -4.57. The minimum atomic E-state index is -0.882. The summed E-state index contributed by atoms with van der Waals surface area (Å²) in [4.78, 5) is 26.8. The number of carbonyl (C=O) groups excluding carboxylic acids is 2. The lowest BCUT2D eigenvalue weighted by Crippen LogP contribution is -2.33. The predicted octanol–water partition coefficient (Wildman–Crippen LogP) is 5.55. The predicted molar refractivity (Wildman–Crippen MR) is 112 cm³/mol. The standard InChI is InChI=1S/C24H18F4N2O2/c25-15-6-8-21(27)19(10-15)23(31)29-17-2-1-3-18(12-17)30(13-14-4-5-14)24(32)20-11-16(26)7-9-22(20)28/h1-3,6-12,14H,4-5,13H2,(H,29,31). The van der Waals surface area contributed by atoms with Gasteiger partial charge in [-0.25, -0.2) is 17.6 Å². The summed E-state index contributed by atoms with van der Waals surface area (Å²) in [7, 11) is 0. The molecule has 4 rings (SSSR count). The molecule has 1 aliphatic rings. The molecule has 1 aliphatic carbocycles. The van der Waals surface area contributed by atoms with Crippen LogP contribution in [0.1, 0.15) is 33.6 Å². The molecule has 0 unspecified atom stereocenters. The van der Waals surface area contributed by atoms with Crippen LogP contribution in [0.5, 0.6) is 0 Å². The second-order valence-corrected chi connectivity index (χ2v) is 7.61. The van der Waals surface area contributed by atoms with Crippen molar-refractivity contribution in [2.45, 2.75) is 12.8 Å². The number of nitrogens with one attached hydrogen (secondary N) is 1.